The van der Waals surface area contributed by atoms with Gasteiger partial charge < -0.3 is 19.7 Å². The highest BCUT2D eigenvalue weighted by Gasteiger charge is 2.21. The van der Waals surface area contributed by atoms with Crippen LogP contribution in [0.5, 0.6) is 0 Å². The Kier molecular flexibility index (Phi) is 7.46. The largest absolute Gasteiger partial charge is 0.444 e. The highest BCUT2D eigenvalue weighted by Crippen LogP contribution is 2.20. The van der Waals surface area contributed by atoms with E-state index in [0.717, 1.165) is 32.4 Å². The first kappa shape index (κ1) is 18.2. The molecule has 0 heterocycles. The summed E-state index contributed by atoms with van der Waals surface area (Å²) in [5.41, 5.74) is -0.427. The Labute approximate surface area is 129 Å². The third-order valence-electron chi connectivity index (χ3n) is 3.82. The van der Waals surface area contributed by atoms with Crippen LogP contribution >= 0.6 is 0 Å². The average molecular weight is 300 g/mol. The Morgan fingerprint density at radius 2 is 1.86 bits per heavy atom. The molecule has 1 aliphatic rings. The van der Waals surface area contributed by atoms with Crippen LogP contribution in [0.2, 0.25) is 0 Å². The molecule has 0 radical (unpaired) electrons. The van der Waals surface area contributed by atoms with Gasteiger partial charge in [-0.25, -0.2) is 4.79 Å². The van der Waals surface area contributed by atoms with Gasteiger partial charge in [-0.15, -0.1) is 0 Å². The first-order valence-corrected chi connectivity index (χ1v) is 8.02. The summed E-state index contributed by atoms with van der Waals surface area (Å²) < 4.78 is 10.7. The fourth-order valence-electron chi connectivity index (χ4n) is 2.56. The maximum Gasteiger partial charge on any atom is 0.410 e. The third kappa shape index (κ3) is 7.67. The summed E-state index contributed by atoms with van der Waals surface area (Å²) in [6.45, 7) is 7.31. The van der Waals surface area contributed by atoms with Crippen molar-refractivity contribution in [2.75, 3.05) is 27.2 Å². The van der Waals surface area contributed by atoms with Crippen LogP contribution in [0.1, 0.15) is 52.9 Å². The lowest BCUT2D eigenvalue weighted by atomic mass is 9.93. The average Bonchev–Trinajstić information content (AvgIpc) is 2.42. The number of rotatable bonds is 6. The van der Waals surface area contributed by atoms with Gasteiger partial charge in [0.1, 0.15) is 5.60 Å². The van der Waals surface area contributed by atoms with Crippen molar-refractivity contribution >= 4 is 6.09 Å². The van der Waals surface area contributed by atoms with Crippen LogP contribution in [-0.4, -0.2) is 56.0 Å². The quantitative estimate of drug-likeness (QED) is 0.766. The molecule has 0 atom stereocenters. The third-order valence-corrected chi connectivity index (χ3v) is 3.82. The van der Waals surface area contributed by atoms with E-state index in [-0.39, 0.29) is 6.09 Å². The predicted octanol–water partition coefficient (Wildman–Crippen LogP) is 2.79. The molecule has 21 heavy (non-hydrogen) atoms. The minimum atomic E-state index is -0.427. The summed E-state index contributed by atoms with van der Waals surface area (Å²) in [7, 11) is 3.59. The lowest BCUT2D eigenvalue weighted by Gasteiger charge is -2.28. The van der Waals surface area contributed by atoms with Gasteiger partial charge in [-0.2, -0.15) is 0 Å². The Bertz CT molecular complexity index is 307. The smallest absolute Gasteiger partial charge is 0.410 e. The number of ether oxygens (including phenoxy) is 2. The van der Waals surface area contributed by atoms with E-state index in [4.69, 9.17) is 9.47 Å². The van der Waals surface area contributed by atoms with Gasteiger partial charge in [-0.1, -0.05) is 0 Å². The van der Waals surface area contributed by atoms with Crippen LogP contribution in [-0.2, 0) is 9.47 Å². The lowest BCUT2D eigenvalue weighted by Crippen LogP contribution is -2.38. The maximum atomic E-state index is 11.8. The molecular formula is C16H32N2O3. The Balaban J connectivity index is 2.10. The summed E-state index contributed by atoms with van der Waals surface area (Å²) in [4.78, 5) is 13.4. The Morgan fingerprint density at radius 1 is 1.24 bits per heavy atom. The molecule has 1 amide bonds. The second-order valence-electron chi connectivity index (χ2n) is 6.92. The van der Waals surface area contributed by atoms with Crippen LogP contribution in [0.25, 0.3) is 0 Å². The molecule has 5 heteroatoms. The molecule has 0 bridgehead atoms. The van der Waals surface area contributed by atoms with Crippen LogP contribution in [0.3, 0.4) is 0 Å². The minimum absolute atomic E-state index is 0.247. The molecule has 0 aromatic heterocycles. The number of carbonyl (C=O) groups is 1. The van der Waals surface area contributed by atoms with E-state index < -0.39 is 5.60 Å². The van der Waals surface area contributed by atoms with Crippen LogP contribution in [0, 0.1) is 0 Å². The molecule has 1 aliphatic carbocycles. The van der Waals surface area contributed by atoms with Crippen molar-refractivity contribution in [3.63, 3.8) is 0 Å². The SMILES string of the molecule is COC1CCC(NCCCN(C)C(=O)OC(C)(C)C)CC1. The van der Waals surface area contributed by atoms with Crippen molar-refractivity contribution in [2.45, 2.75) is 70.6 Å². The summed E-state index contributed by atoms with van der Waals surface area (Å²) in [6, 6.07) is 0.600. The van der Waals surface area contributed by atoms with Crippen molar-refractivity contribution in [2.24, 2.45) is 0 Å². The van der Waals surface area contributed by atoms with Gasteiger partial charge in [0, 0.05) is 26.7 Å². The van der Waals surface area contributed by atoms with Crippen molar-refractivity contribution in [3.05, 3.63) is 0 Å². The van der Waals surface area contributed by atoms with Crippen LogP contribution in [0.4, 0.5) is 4.79 Å². The molecule has 1 fully saturated rings. The lowest BCUT2D eigenvalue weighted by molar-refractivity contribution is 0.0296. The van der Waals surface area contributed by atoms with E-state index in [1.54, 1.807) is 19.1 Å². The van der Waals surface area contributed by atoms with Crippen molar-refractivity contribution < 1.29 is 14.3 Å². The number of amides is 1. The highest BCUT2D eigenvalue weighted by molar-refractivity contribution is 5.67. The van der Waals surface area contributed by atoms with E-state index >= 15 is 0 Å². The van der Waals surface area contributed by atoms with E-state index in [2.05, 4.69) is 5.32 Å². The first-order valence-electron chi connectivity index (χ1n) is 8.02. The van der Waals surface area contributed by atoms with Crippen molar-refractivity contribution in [3.8, 4) is 0 Å². The fourth-order valence-corrected chi connectivity index (χ4v) is 2.56. The van der Waals surface area contributed by atoms with Gasteiger partial charge in [-0.3, -0.25) is 0 Å². The summed E-state index contributed by atoms with van der Waals surface area (Å²) in [5.74, 6) is 0. The van der Waals surface area contributed by atoms with E-state index in [0.29, 0.717) is 12.1 Å². The number of nitrogens with one attached hydrogen (secondary N) is 1. The number of carbonyl (C=O) groups excluding carboxylic acids is 1. The molecule has 0 aromatic carbocycles. The van der Waals surface area contributed by atoms with E-state index in [1.807, 2.05) is 20.8 Å². The van der Waals surface area contributed by atoms with E-state index in [1.165, 1.54) is 12.8 Å². The van der Waals surface area contributed by atoms with Gasteiger partial charge in [0.25, 0.3) is 0 Å². The maximum absolute atomic E-state index is 11.8. The van der Waals surface area contributed by atoms with Gasteiger partial charge in [-0.05, 0) is 59.4 Å². The number of hydrogen-bond acceptors (Lipinski definition) is 4. The molecule has 124 valence electrons. The predicted molar refractivity (Wildman–Crippen MR) is 84.5 cm³/mol. The molecular weight excluding hydrogens is 268 g/mol. The normalized spacial score (nSPS) is 22.9. The van der Waals surface area contributed by atoms with Crippen molar-refractivity contribution in [1.29, 1.82) is 0 Å². The van der Waals surface area contributed by atoms with Gasteiger partial charge in [0.2, 0.25) is 0 Å². The highest BCUT2D eigenvalue weighted by atomic mass is 16.6. The molecule has 1 saturated carbocycles. The second kappa shape index (κ2) is 8.59. The fraction of sp³-hybridized carbons (Fsp3) is 0.938. The summed E-state index contributed by atoms with van der Waals surface area (Å²) >= 11 is 0. The Hall–Kier alpha value is -0.810. The second-order valence-corrected chi connectivity index (χ2v) is 6.92. The molecule has 0 aliphatic heterocycles. The number of methoxy groups -OCH3 is 1. The molecule has 1 N–H and O–H groups in total. The van der Waals surface area contributed by atoms with Gasteiger partial charge >= 0.3 is 6.09 Å². The molecule has 5 nitrogen and oxygen atoms in total. The van der Waals surface area contributed by atoms with Gasteiger partial charge in [0.15, 0.2) is 0 Å². The topological polar surface area (TPSA) is 50.8 Å². The molecule has 0 aromatic rings. The zero-order valence-electron chi connectivity index (χ0n) is 14.3. The monoisotopic (exact) mass is 300 g/mol. The minimum Gasteiger partial charge on any atom is -0.444 e. The summed E-state index contributed by atoms with van der Waals surface area (Å²) in [5, 5.41) is 3.57. The zero-order chi connectivity index (χ0) is 15.9. The van der Waals surface area contributed by atoms with Crippen LogP contribution in [0.15, 0.2) is 0 Å². The summed E-state index contributed by atoms with van der Waals surface area (Å²) in [6.07, 6.45) is 5.79. The molecule has 0 unspecified atom stereocenters. The number of nitrogens with zero attached hydrogens (tertiary/aromatic N) is 1. The Morgan fingerprint density at radius 3 is 2.38 bits per heavy atom. The number of hydrogen-bond donors (Lipinski definition) is 1. The standard InChI is InChI=1S/C16H32N2O3/c1-16(2,3)21-15(19)18(4)12-6-11-17-13-7-9-14(20-5)10-8-13/h13-14,17H,6-12H2,1-5H3. The zero-order valence-corrected chi connectivity index (χ0v) is 14.3. The molecule has 1 rings (SSSR count). The molecule has 0 spiro atoms. The van der Waals surface area contributed by atoms with Crippen molar-refractivity contribution in [1.82, 2.24) is 10.2 Å². The first-order chi connectivity index (χ1) is 9.81. The van der Waals surface area contributed by atoms with Gasteiger partial charge in [0.05, 0.1) is 6.10 Å². The molecule has 0 saturated heterocycles. The van der Waals surface area contributed by atoms with E-state index in [9.17, 15) is 4.79 Å². The van der Waals surface area contributed by atoms with Crippen LogP contribution < -0.4 is 5.32 Å².